The minimum atomic E-state index is 0.589. The molecule has 1 aromatic carbocycles. The van der Waals surface area contributed by atoms with Crippen molar-refractivity contribution in [2.24, 2.45) is 0 Å². The first-order chi connectivity index (χ1) is 8.52. The standard InChI is InChI=1S/C15H18BrNS/c1-10(2)18-15-12(4)17(11(3)14(15)16)13-8-6-5-7-9-13/h5-10H,1-4H3. The van der Waals surface area contributed by atoms with E-state index in [-0.39, 0.29) is 0 Å². The van der Waals surface area contributed by atoms with Gasteiger partial charge in [0.05, 0.1) is 4.47 Å². The lowest BCUT2D eigenvalue weighted by Gasteiger charge is -2.10. The largest absolute Gasteiger partial charge is 0.316 e. The second kappa shape index (κ2) is 5.54. The molecule has 0 spiro atoms. The predicted molar refractivity (Wildman–Crippen MR) is 83.9 cm³/mol. The van der Waals surface area contributed by atoms with Crippen LogP contribution < -0.4 is 0 Å². The third-order valence-corrected chi connectivity index (χ3v) is 5.32. The number of nitrogens with zero attached hydrogens (tertiary/aromatic N) is 1. The van der Waals surface area contributed by atoms with E-state index in [1.165, 1.54) is 26.4 Å². The van der Waals surface area contributed by atoms with Crippen molar-refractivity contribution in [3.63, 3.8) is 0 Å². The van der Waals surface area contributed by atoms with E-state index in [0.29, 0.717) is 5.25 Å². The number of hydrogen-bond acceptors (Lipinski definition) is 1. The first kappa shape index (κ1) is 13.8. The summed E-state index contributed by atoms with van der Waals surface area (Å²) < 4.78 is 3.54. The van der Waals surface area contributed by atoms with E-state index in [1.54, 1.807) is 0 Å². The summed E-state index contributed by atoms with van der Waals surface area (Å²) in [6.45, 7) is 8.81. The Morgan fingerprint density at radius 1 is 1.06 bits per heavy atom. The molecule has 0 N–H and O–H groups in total. The van der Waals surface area contributed by atoms with E-state index < -0.39 is 0 Å². The van der Waals surface area contributed by atoms with Gasteiger partial charge in [0, 0.05) is 27.2 Å². The first-order valence-electron chi connectivity index (χ1n) is 6.12. The average Bonchev–Trinajstić information content (AvgIpc) is 2.54. The fraction of sp³-hybridized carbons (Fsp3) is 0.333. The lowest BCUT2D eigenvalue weighted by atomic mass is 10.3. The highest BCUT2D eigenvalue weighted by Crippen LogP contribution is 2.39. The Labute approximate surface area is 122 Å². The van der Waals surface area contributed by atoms with Crippen molar-refractivity contribution in [3.8, 4) is 5.69 Å². The Morgan fingerprint density at radius 3 is 2.22 bits per heavy atom. The van der Waals surface area contributed by atoms with Crippen LogP contribution in [0.3, 0.4) is 0 Å². The lowest BCUT2D eigenvalue weighted by Crippen LogP contribution is -1.98. The molecule has 0 aliphatic heterocycles. The van der Waals surface area contributed by atoms with Crippen LogP contribution in [0.1, 0.15) is 25.2 Å². The second-order valence-corrected chi connectivity index (χ2v) is 7.03. The van der Waals surface area contributed by atoms with Gasteiger partial charge in [0.2, 0.25) is 0 Å². The molecular formula is C15H18BrNS. The van der Waals surface area contributed by atoms with Crippen LogP contribution in [0, 0.1) is 13.8 Å². The van der Waals surface area contributed by atoms with Crippen LogP contribution in [0.25, 0.3) is 5.69 Å². The van der Waals surface area contributed by atoms with Crippen molar-refractivity contribution < 1.29 is 0 Å². The molecule has 2 aromatic rings. The molecule has 0 unspecified atom stereocenters. The molecule has 0 aliphatic rings. The fourth-order valence-corrected chi connectivity index (χ4v) is 3.84. The van der Waals surface area contributed by atoms with Crippen LogP contribution >= 0.6 is 27.7 Å². The van der Waals surface area contributed by atoms with Crippen LogP contribution in [0.2, 0.25) is 0 Å². The Kier molecular flexibility index (Phi) is 4.23. The number of hydrogen-bond donors (Lipinski definition) is 0. The zero-order valence-electron chi connectivity index (χ0n) is 11.2. The quantitative estimate of drug-likeness (QED) is 0.688. The summed E-state index contributed by atoms with van der Waals surface area (Å²) in [5.74, 6) is 0. The highest BCUT2D eigenvalue weighted by atomic mass is 79.9. The number of halogens is 1. The molecule has 0 saturated carbocycles. The molecule has 0 bridgehead atoms. The lowest BCUT2D eigenvalue weighted by molar-refractivity contribution is 0.951. The van der Waals surface area contributed by atoms with E-state index in [9.17, 15) is 0 Å². The maximum Gasteiger partial charge on any atom is 0.0524 e. The highest BCUT2D eigenvalue weighted by Gasteiger charge is 2.17. The van der Waals surface area contributed by atoms with Crippen molar-refractivity contribution in [2.75, 3.05) is 0 Å². The van der Waals surface area contributed by atoms with Crippen molar-refractivity contribution in [1.82, 2.24) is 4.57 Å². The number of aromatic nitrogens is 1. The Balaban J connectivity index is 2.56. The van der Waals surface area contributed by atoms with Gasteiger partial charge in [0.15, 0.2) is 0 Å². The van der Waals surface area contributed by atoms with Gasteiger partial charge in [-0.3, -0.25) is 0 Å². The molecule has 2 rings (SSSR count). The molecule has 1 aromatic heterocycles. The predicted octanol–water partition coefficient (Wildman–Crippen LogP) is 5.36. The molecule has 1 heterocycles. The highest BCUT2D eigenvalue weighted by molar-refractivity contribution is 9.10. The number of para-hydroxylation sites is 1. The molecule has 3 heteroatoms. The van der Waals surface area contributed by atoms with E-state index >= 15 is 0 Å². The van der Waals surface area contributed by atoms with Gasteiger partial charge in [-0.05, 0) is 41.9 Å². The third-order valence-electron chi connectivity index (χ3n) is 2.88. The van der Waals surface area contributed by atoms with Gasteiger partial charge in [-0.25, -0.2) is 0 Å². The van der Waals surface area contributed by atoms with Gasteiger partial charge in [0.1, 0.15) is 0 Å². The molecule has 18 heavy (non-hydrogen) atoms. The smallest absolute Gasteiger partial charge is 0.0524 e. The van der Waals surface area contributed by atoms with Gasteiger partial charge in [-0.15, -0.1) is 11.8 Å². The Morgan fingerprint density at radius 2 is 1.67 bits per heavy atom. The first-order valence-corrected chi connectivity index (χ1v) is 7.79. The summed E-state index contributed by atoms with van der Waals surface area (Å²) >= 11 is 5.65. The van der Waals surface area contributed by atoms with Crippen LogP contribution in [0.15, 0.2) is 39.7 Å². The molecule has 1 nitrogen and oxygen atoms in total. The minimum Gasteiger partial charge on any atom is -0.316 e. The van der Waals surface area contributed by atoms with Gasteiger partial charge in [-0.2, -0.15) is 0 Å². The normalized spacial score (nSPS) is 11.2. The number of rotatable bonds is 3. The Bertz CT molecular complexity index is 543. The molecular weight excluding hydrogens is 306 g/mol. The second-order valence-electron chi connectivity index (χ2n) is 4.65. The van der Waals surface area contributed by atoms with Crippen molar-refractivity contribution in [1.29, 1.82) is 0 Å². The van der Waals surface area contributed by atoms with Crippen LogP contribution in [0.5, 0.6) is 0 Å². The Hall–Kier alpha value is -0.670. The monoisotopic (exact) mass is 323 g/mol. The summed E-state index contributed by atoms with van der Waals surface area (Å²) in [5.41, 5.74) is 3.80. The number of thioether (sulfide) groups is 1. The maximum absolute atomic E-state index is 3.74. The van der Waals surface area contributed by atoms with Crippen LogP contribution in [0.4, 0.5) is 0 Å². The summed E-state index contributed by atoms with van der Waals surface area (Å²) in [7, 11) is 0. The number of benzene rings is 1. The molecule has 0 aliphatic carbocycles. The van der Waals surface area contributed by atoms with Gasteiger partial charge in [0.25, 0.3) is 0 Å². The van der Waals surface area contributed by atoms with E-state index in [1.807, 2.05) is 11.8 Å². The van der Waals surface area contributed by atoms with Gasteiger partial charge < -0.3 is 4.57 Å². The third kappa shape index (κ3) is 2.52. The van der Waals surface area contributed by atoms with Crippen LogP contribution in [-0.2, 0) is 0 Å². The molecule has 0 atom stereocenters. The molecule has 0 radical (unpaired) electrons. The summed E-state index contributed by atoms with van der Waals surface area (Å²) in [6.07, 6.45) is 0. The minimum absolute atomic E-state index is 0.589. The molecule has 96 valence electrons. The van der Waals surface area contributed by atoms with Crippen molar-refractivity contribution in [3.05, 3.63) is 46.2 Å². The maximum atomic E-state index is 3.74. The van der Waals surface area contributed by atoms with E-state index in [2.05, 4.69) is 78.5 Å². The van der Waals surface area contributed by atoms with Crippen molar-refractivity contribution in [2.45, 2.75) is 37.8 Å². The molecule has 0 saturated heterocycles. The summed E-state index contributed by atoms with van der Waals surface area (Å²) in [4.78, 5) is 1.35. The zero-order chi connectivity index (χ0) is 13.3. The van der Waals surface area contributed by atoms with Crippen LogP contribution in [-0.4, -0.2) is 9.82 Å². The van der Waals surface area contributed by atoms with Gasteiger partial charge in [-0.1, -0.05) is 32.0 Å². The topological polar surface area (TPSA) is 4.93 Å². The zero-order valence-corrected chi connectivity index (χ0v) is 13.6. The summed E-state index contributed by atoms with van der Waals surface area (Å²) in [5, 5.41) is 0.589. The summed E-state index contributed by atoms with van der Waals surface area (Å²) in [6, 6.07) is 10.5. The molecule has 0 amide bonds. The van der Waals surface area contributed by atoms with Crippen molar-refractivity contribution >= 4 is 27.7 Å². The molecule has 0 fully saturated rings. The SMILES string of the molecule is Cc1c(Br)c(SC(C)C)c(C)n1-c1ccccc1. The fourth-order valence-electron chi connectivity index (χ4n) is 2.11. The van der Waals surface area contributed by atoms with E-state index in [0.717, 1.165) is 0 Å². The average molecular weight is 324 g/mol. The van der Waals surface area contributed by atoms with E-state index in [4.69, 9.17) is 0 Å². The van der Waals surface area contributed by atoms with Gasteiger partial charge >= 0.3 is 0 Å².